The molecule has 1 amide bonds. The Morgan fingerprint density at radius 3 is 2.44 bits per heavy atom. The zero-order valence-corrected chi connectivity index (χ0v) is 11.5. The van der Waals surface area contributed by atoms with Crippen molar-refractivity contribution in [3.05, 3.63) is 28.0 Å². The van der Waals surface area contributed by atoms with Crippen LogP contribution in [0, 0.1) is 5.82 Å². The maximum absolute atomic E-state index is 12.9. The quantitative estimate of drug-likeness (QED) is 0.826. The van der Waals surface area contributed by atoms with E-state index in [1.165, 1.54) is 0 Å². The molecule has 1 atom stereocenters. The van der Waals surface area contributed by atoms with Crippen molar-refractivity contribution in [1.29, 1.82) is 0 Å². The van der Waals surface area contributed by atoms with Crippen molar-refractivity contribution in [3.8, 4) is 0 Å². The Kier molecular flexibility index (Phi) is 5.02. The number of anilines is 1. The van der Waals surface area contributed by atoms with E-state index in [1.807, 2.05) is 6.92 Å². The van der Waals surface area contributed by atoms with Gasteiger partial charge in [0.1, 0.15) is 5.82 Å². The number of alkyl halides is 1. The first-order valence-electron chi connectivity index (χ1n) is 4.55. The molecule has 0 fully saturated rings. The lowest BCUT2D eigenvalue weighted by Crippen LogP contribution is -2.22. The van der Waals surface area contributed by atoms with Crippen molar-refractivity contribution in [2.45, 2.75) is 18.2 Å². The number of nitrogens with one attached hydrogen (secondary N) is 1. The molecule has 1 unspecified atom stereocenters. The first-order chi connectivity index (χ1) is 7.45. The first-order valence-corrected chi connectivity index (χ1v) is 6.22. The molecule has 0 bridgehead atoms. The molecule has 0 heterocycles. The summed E-state index contributed by atoms with van der Waals surface area (Å²) in [7, 11) is 0. The Morgan fingerprint density at radius 1 is 1.50 bits per heavy atom. The van der Waals surface area contributed by atoms with E-state index < -0.39 is 5.82 Å². The van der Waals surface area contributed by atoms with Gasteiger partial charge in [0.2, 0.25) is 5.91 Å². The van der Waals surface area contributed by atoms with E-state index in [4.69, 9.17) is 23.2 Å². The van der Waals surface area contributed by atoms with Crippen LogP contribution in [0.2, 0.25) is 10.0 Å². The summed E-state index contributed by atoms with van der Waals surface area (Å²) >= 11 is 14.7. The first kappa shape index (κ1) is 13.7. The summed E-state index contributed by atoms with van der Waals surface area (Å²) in [4.78, 5) is 11.2. The summed E-state index contributed by atoms with van der Waals surface area (Å²) in [6, 6.07) is 2.19. The second kappa shape index (κ2) is 5.84. The van der Waals surface area contributed by atoms with E-state index in [0.29, 0.717) is 6.42 Å². The lowest BCUT2D eigenvalue weighted by molar-refractivity contribution is -0.115. The summed E-state index contributed by atoms with van der Waals surface area (Å²) in [6.45, 7) is 1.85. The van der Waals surface area contributed by atoms with Crippen molar-refractivity contribution < 1.29 is 9.18 Å². The molecule has 1 aromatic rings. The molecule has 88 valence electrons. The van der Waals surface area contributed by atoms with E-state index in [9.17, 15) is 9.18 Å². The van der Waals surface area contributed by atoms with Crippen molar-refractivity contribution in [2.24, 2.45) is 0 Å². The van der Waals surface area contributed by atoms with E-state index in [2.05, 4.69) is 21.2 Å². The SMILES string of the molecule is CCC(Br)C(=O)Nc1c(Cl)cc(F)cc1Cl. The number of amides is 1. The molecule has 0 aliphatic heterocycles. The maximum atomic E-state index is 12.9. The molecule has 1 rings (SSSR count). The van der Waals surface area contributed by atoms with Crippen LogP contribution in [0.15, 0.2) is 12.1 Å². The minimum atomic E-state index is -0.543. The van der Waals surface area contributed by atoms with Gasteiger partial charge in [0.05, 0.1) is 20.6 Å². The number of carbonyl (C=O) groups is 1. The maximum Gasteiger partial charge on any atom is 0.238 e. The predicted octanol–water partition coefficient (Wildman–Crippen LogP) is 4.24. The molecular formula is C10H9BrCl2FNO. The number of benzene rings is 1. The number of rotatable bonds is 3. The second-order valence-electron chi connectivity index (χ2n) is 3.11. The largest absolute Gasteiger partial charge is 0.323 e. The highest BCUT2D eigenvalue weighted by Gasteiger charge is 2.16. The zero-order valence-electron chi connectivity index (χ0n) is 8.36. The van der Waals surface area contributed by atoms with Crippen molar-refractivity contribution in [1.82, 2.24) is 0 Å². The number of hydrogen-bond donors (Lipinski definition) is 1. The number of hydrogen-bond acceptors (Lipinski definition) is 1. The fourth-order valence-corrected chi connectivity index (χ4v) is 1.72. The fourth-order valence-electron chi connectivity index (χ4n) is 1.05. The highest BCUT2D eigenvalue weighted by molar-refractivity contribution is 9.10. The molecule has 0 saturated heterocycles. The van der Waals surface area contributed by atoms with Gasteiger partial charge in [0.15, 0.2) is 0 Å². The summed E-state index contributed by atoms with van der Waals surface area (Å²) in [5.74, 6) is -0.809. The third kappa shape index (κ3) is 3.34. The predicted molar refractivity (Wildman–Crippen MR) is 68.1 cm³/mol. The van der Waals surface area contributed by atoms with E-state index >= 15 is 0 Å². The average Bonchev–Trinajstić information content (AvgIpc) is 2.21. The highest BCUT2D eigenvalue weighted by atomic mass is 79.9. The van der Waals surface area contributed by atoms with Gasteiger partial charge in [0.25, 0.3) is 0 Å². The molecule has 0 aliphatic rings. The van der Waals surface area contributed by atoms with Crippen LogP contribution in [0.5, 0.6) is 0 Å². The molecule has 1 aromatic carbocycles. The van der Waals surface area contributed by atoms with Gasteiger partial charge in [-0.05, 0) is 18.6 Å². The van der Waals surface area contributed by atoms with Gasteiger partial charge in [-0.1, -0.05) is 46.1 Å². The Hall–Kier alpha value is -0.320. The van der Waals surface area contributed by atoms with Crippen LogP contribution >= 0.6 is 39.1 Å². The van der Waals surface area contributed by atoms with Gasteiger partial charge < -0.3 is 5.32 Å². The molecule has 16 heavy (non-hydrogen) atoms. The standard InChI is InChI=1S/C10H9BrCl2FNO/c1-2-6(11)10(16)15-9-7(12)3-5(14)4-8(9)13/h3-4,6H,2H2,1H3,(H,15,16). The molecule has 0 spiro atoms. The van der Waals surface area contributed by atoms with Crippen LogP contribution in [0.3, 0.4) is 0 Å². The molecule has 0 aliphatic carbocycles. The summed E-state index contributed by atoms with van der Waals surface area (Å²) in [5, 5.41) is 2.70. The Bertz CT molecular complexity index is 391. The third-order valence-electron chi connectivity index (χ3n) is 1.90. The van der Waals surface area contributed by atoms with Gasteiger partial charge in [-0.25, -0.2) is 4.39 Å². The molecular weight excluding hydrogens is 320 g/mol. The Balaban J connectivity index is 2.93. The average molecular weight is 329 g/mol. The minimum absolute atomic E-state index is 0.0779. The molecule has 1 N–H and O–H groups in total. The lowest BCUT2D eigenvalue weighted by atomic mass is 10.2. The molecule has 0 saturated carbocycles. The number of halogens is 4. The van der Waals surface area contributed by atoms with Crippen molar-refractivity contribution >= 4 is 50.7 Å². The lowest BCUT2D eigenvalue weighted by Gasteiger charge is -2.11. The van der Waals surface area contributed by atoms with E-state index in [0.717, 1.165) is 12.1 Å². The minimum Gasteiger partial charge on any atom is -0.323 e. The third-order valence-corrected chi connectivity index (χ3v) is 3.56. The van der Waals surface area contributed by atoms with Crippen LogP contribution in [0.4, 0.5) is 10.1 Å². The van der Waals surface area contributed by atoms with Crippen molar-refractivity contribution in [2.75, 3.05) is 5.32 Å². The highest BCUT2D eigenvalue weighted by Crippen LogP contribution is 2.31. The van der Waals surface area contributed by atoms with Crippen LogP contribution in [0.25, 0.3) is 0 Å². The van der Waals surface area contributed by atoms with Crippen LogP contribution in [0.1, 0.15) is 13.3 Å². The Labute approximate surface area is 111 Å². The molecule has 0 radical (unpaired) electrons. The van der Waals surface area contributed by atoms with Gasteiger partial charge in [-0.2, -0.15) is 0 Å². The topological polar surface area (TPSA) is 29.1 Å². The van der Waals surface area contributed by atoms with Crippen LogP contribution in [-0.2, 0) is 4.79 Å². The molecule has 2 nitrogen and oxygen atoms in total. The molecule has 6 heteroatoms. The summed E-state index contributed by atoms with van der Waals surface area (Å²) < 4.78 is 12.9. The smallest absolute Gasteiger partial charge is 0.238 e. The van der Waals surface area contributed by atoms with Gasteiger partial charge in [0, 0.05) is 0 Å². The van der Waals surface area contributed by atoms with Gasteiger partial charge >= 0.3 is 0 Å². The van der Waals surface area contributed by atoms with Crippen LogP contribution in [-0.4, -0.2) is 10.7 Å². The van der Waals surface area contributed by atoms with Crippen molar-refractivity contribution in [3.63, 3.8) is 0 Å². The normalized spacial score (nSPS) is 12.3. The van der Waals surface area contributed by atoms with Gasteiger partial charge in [-0.3, -0.25) is 4.79 Å². The monoisotopic (exact) mass is 327 g/mol. The zero-order chi connectivity index (χ0) is 12.3. The van der Waals surface area contributed by atoms with E-state index in [-0.39, 0.29) is 26.5 Å². The van der Waals surface area contributed by atoms with Crippen LogP contribution < -0.4 is 5.32 Å². The van der Waals surface area contributed by atoms with E-state index in [1.54, 1.807) is 0 Å². The molecule has 0 aromatic heterocycles. The Morgan fingerprint density at radius 2 is 2.00 bits per heavy atom. The summed E-state index contributed by atoms with van der Waals surface area (Å²) in [6.07, 6.45) is 0.627. The summed E-state index contributed by atoms with van der Waals surface area (Å²) in [5.41, 5.74) is 0.229. The number of carbonyl (C=O) groups excluding carboxylic acids is 1. The van der Waals surface area contributed by atoms with Gasteiger partial charge in [-0.15, -0.1) is 0 Å². The fraction of sp³-hybridized carbons (Fsp3) is 0.300. The second-order valence-corrected chi connectivity index (χ2v) is 5.03.